The van der Waals surface area contributed by atoms with Crippen LogP contribution in [-0.2, 0) is 25.5 Å². The smallest absolute Gasteiger partial charge is 0.338 e. The molecule has 0 unspecified atom stereocenters. The molecule has 2 aromatic rings. The summed E-state index contributed by atoms with van der Waals surface area (Å²) in [5, 5.41) is 2.56. The predicted octanol–water partition coefficient (Wildman–Crippen LogP) is 2.36. The fourth-order valence-electron chi connectivity index (χ4n) is 2.60. The van der Waals surface area contributed by atoms with Crippen LogP contribution in [-0.4, -0.2) is 37.6 Å². The molecule has 1 amide bonds. The number of rotatable bonds is 7. The molecule has 0 saturated heterocycles. The van der Waals surface area contributed by atoms with Crippen molar-refractivity contribution in [2.45, 2.75) is 26.3 Å². The Bertz CT molecular complexity index is 817. The SMILES string of the molecule is COC(=O)[C@H](Cc1ccccc1)NC(=O)COC(=O)c1cccc(C)c1C. The van der Waals surface area contributed by atoms with Crippen molar-refractivity contribution in [3.05, 3.63) is 70.8 Å². The number of carbonyl (C=O) groups excluding carboxylic acids is 3. The molecule has 0 radical (unpaired) electrons. The lowest BCUT2D eigenvalue weighted by molar-refractivity contribution is -0.145. The lowest BCUT2D eigenvalue weighted by Crippen LogP contribution is -2.44. The van der Waals surface area contributed by atoms with Gasteiger partial charge in [0.25, 0.3) is 5.91 Å². The number of methoxy groups -OCH3 is 1. The van der Waals surface area contributed by atoms with Gasteiger partial charge >= 0.3 is 11.9 Å². The van der Waals surface area contributed by atoms with Gasteiger partial charge in [-0.15, -0.1) is 0 Å². The van der Waals surface area contributed by atoms with Crippen LogP contribution in [0.3, 0.4) is 0 Å². The first kappa shape index (κ1) is 20.2. The maximum Gasteiger partial charge on any atom is 0.338 e. The third-order valence-electron chi connectivity index (χ3n) is 4.26. The quantitative estimate of drug-likeness (QED) is 0.758. The minimum Gasteiger partial charge on any atom is -0.467 e. The minimum absolute atomic E-state index is 0.282. The van der Waals surface area contributed by atoms with Crippen LogP contribution in [0.4, 0.5) is 0 Å². The van der Waals surface area contributed by atoms with Gasteiger partial charge in [0.1, 0.15) is 6.04 Å². The molecule has 0 fully saturated rings. The van der Waals surface area contributed by atoms with Gasteiger partial charge in [0.05, 0.1) is 12.7 Å². The number of carbonyl (C=O) groups is 3. The van der Waals surface area contributed by atoms with Gasteiger partial charge in [-0.3, -0.25) is 4.79 Å². The molecule has 0 saturated carbocycles. The number of aryl methyl sites for hydroxylation is 1. The summed E-state index contributed by atoms with van der Waals surface area (Å²) in [6.07, 6.45) is 0.282. The van der Waals surface area contributed by atoms with Crippen LogP contribution in [0.5, 0.6) is 0 Å². The Hall–Kier alpha value is -3.15. The van der Waals surface area contributed by atoms with Crippen LogP contribution in [0.2, 0.25) is 0 Å². The second-order valence-electron chi connectivity index (χ2n) is 6.16. The standard InChI is InChI=1S/C21H23NO5/c1-14-8-7-11-17(15(14)2)20(24)27-13-19(23)22-18(21(25)26-3)12-16-9-5-4-6-10-16/h4-11,18H,12-13H2,1-3H3,(H,22,23)/t18-/m0/s1. The molecule has 0 heterocycles. The Morgan fingerprint density at radius 2 is 1.70 bits per heavy atom. The van der Waals surface area contributed by atoms with Crippen LogP contribution < -0.4 is 5.32 Å². The highest BCUT2D eigenvalue weighted by atomic mass is 16.5. The number of amides is 1. The highest BCUT2D eigenvalue weighted by Gasteiger charge is 2.23. The molecule has 1 atom stereocenters. The van der Waals surface area contributed by atoms with Crippen LogP contribution in [0.1, 0.15) is 27.0 Å². The Labute approximate surface area is 158 Å². The van der Waals surface area contributed by atoms with Crippen molar-refractivity contribution in [2.24, 2.45) is 0 Å². The predicted molar refractivity (Wildman–Crippen MR) is 100 cm³/mol. The fourth-order valence-corrected chi connectivity index (χ4v) is 2.60. The van der Waals surface area contributed by atoms with Gasteiger partial charge in [-0.05, 0) is 36.6 Å². The van der Waals surface area contributed by atoms with Gasteiger partial charge in [-0.1, -0.05) is 42.5 Å². The van der Waals surface area contributed by atoms with Gasteiger partial charge in [-0.25, -0.2) is 9.59 Å². The van der Waals surface area contributed by atoms with Gasteiger partial charge in [0.15, 0.2) is 6.61 Å². The van der Waals surface area contributed by atoms with Crippen molar-refractivity contribution < 1.29 is 23.9 Å². The van der Waals surface area contributed by atoms with E-state index in [0.717, 1.165) is 16.7 Å². The molecule has 2 aromatic carbocycles. The lowest BCUT2D eigenvalue weighted by Gasteiger charge is -2.17. The summed E-state index contributed by atoms with van der Waals surface area (Å²) in [6, 6.07) is 13.7. The van der Waals surface area contributed by atoms with Crippen molar-refractivity contribution in [2.75, 3.05) is 13.7 Å². The van der Waals surface area contributed by atoms with Crippen molar-refractivity contribution in [1.82, 2.24) is 5.32 Å². The van der Waals surface area contributed by atoms with Gasteiger partial charge in [-0.2, -0.15) is 0 Å². The summed E-state index contributed by atoms with van der Waals surface area (Å²) in [7, 11) is 1.26. The average Bonchev–Trinajstić information content (AvgIpc) is 2.68. The molecule has 6 nitrogen and oxygen atoms in total. The van der Waals surface area contributed by atoms with Crippen molar-refractivity contribution in [3.63, 3.8) is 0 Å². The summed E-state index contributed by atoms with van der Waals surface area (Å²) in [6.45, 7) is 3.23. The van der Waals surface area contributed by atoms with Gasteiger partial charge < -0.3 is 14.8 Å². The number of benzene rings is 2. The molecule has 0 spiro atoms. The summed E-state index contributed by atoms with van der Waals surface area (Å²) in [4.78, 5) is 36.3. The Morgan fingerprint density at radius 3 is 2.37 bits per heavy atom. The first-order valence-electron chi connectivity index (χ1n) is 8.56. The van der Waals surface area contributed by atoms with E-state index >= 15 is 0 Å². The van der Waals surface area contributed by atoms with Gasteiger partial charge in [0, 0.05) is 6.42 Å². The molecule has 6 heteroatoms. The molecule has 142 valence electrons. The highest BCUT2D eigenvalue weighted by Crippen LogP contribution is 2.13. The molecule has 0 aliphatic rings. The molecule has 27 heavy (non-hydrogen) atoms. The zero-order chi connectivity index (χ0) is 19.8. The summed E-state index contributed by atoms with van der Waals surface area (Å²) in [5.41, 5.74) is 3.05. The minimum atomic E-state index is -0.857. The summed E-state index contributed by atoms with van der Waals surface area (Å²) in [5.74, 6) is -1.71. The second-order valence-corrected chi connectivity index (χ2v) is 6.16. The van der Waals surface area contributed by atoms with E-state index < -0.39 is 30.5 Å². The van der Waals surface area contributed by atoms with E-state index in [-0.39, 0.29) is 6.42 Å². The second kappa shape index (κ2) is 9.52. The number of esters is 2. The molecule has 0 aliphatic carbocycles. The van der Waals surface area contributed by atoms with Crippen molar-refractivity contribution in [3.8, 4) is 0 Å². The van der Waals surface area contributed by atoms with E-state index in [1.807, 2.05) is 50.2 Å². The van der Waals surface area contributed by atoms with E-state index in [4.69, 9.17) is 9.47 Å². The third kappa shape index (κ3) is 5.67. The van der Waals surface area contributed by atoms with Crippen molar-refractivity contribution in [1.29, 1.82) is 0 Å². The molecule has 0 aliphatic heterocycles. The van der Waals surface area contributed by atoms with Crippen LogP contribution in [0.25, 0.3) is 0 Å². The third-order valence-corrected chi connectivity index (χ3v) is 4.26. The molecular weight excluding hydrogens is 346 g/mol. The largest absolute Gasteiger partial charge is 0.467 e. The number of hydrogen-bond donors (Lipinski definition) is 1. The first-order valence-corrected chi connectivity index (χ1v) is 8.56. The molecule has 1 N–H and O–H groups in total. The van der Waals surface area contributed by atoms with Gasteiger partial charge in [0.2, 0.25) is 0 Å². The van der Waals surface area contributed by atoms with E-state index in [0.29, 0.717) is 5.56 Å². The number of hydrogen-bond acceptors (Lipinski definition) is 5. The Kier molecular flexibility index (Phi) is 7.11. The number of ether oxygens (including phenoxy) is 2. The van der Waals surface area contributed by atoms with Crippen LogP contribution in [0.15, 0.2) is 48.5 Å². The van der Waals surface area contributed by atoms with Crippen molar-refractivity contribution >= 4 is 17.8 Å². The maximum atomic E-state index is 12.2. The fraction of sp³-hybridized carbons (Fsp3) is 0.286. The highest BCUT2D eigenvalue weighted by molar-refractivity contribution is 5.93. The summed E-state index contributed by atoms with van der Waals surface area (Å²) >= 11 is 0. The average molecular weight is 369 g/mol. The van der Waals surface area contributed by atoms with E-state index in [2.05, 4.69) is 5.32 Å². The Morgan fingerprint density at radius 1 is 1.00 bits per heavy atom. The topological polar surface area (TPSA) is 81.7 Å². The molecule has 0 bridgehead atoms. The molecule has 2 rings (SSSR count). The van der Waals surface area contributed by atoms with Crippen LogP contribution >= 0.6 is 0 Å². The Balaban J connectivity index is 1.96. The zero-order valence-corrected chi connectivity index (χ0v) is 15.7. The first-order chi connectivity index (χ1) is 12.9. The summed E-state index contributed by atoms with van der Waals surface area (Å²) < 4.78 is 9.83. The number of nitrogens with one attached hydrogen (secondary N) is 1. The normalized spacial score (nSPS) is 11.4. The van der Waals surface area contributed by atoms with E-state index in [1.54, 1.807) is 12.1 Å². The molecule has 0 aromatic heterocycles. The van der Waals surface area contributed by atoms with Crippen LogP contribution in [0, 0.1) is 13.8 Å². The monoisotopic (exact) mass is 369 g/mol. The van der Waals surface area contributed by atoms with E-state index in [9.17, 15) is 14.4 Å². The maximum absolute atomic E-state index is 12.2. The van der Waals surface area contributed by atoms with E-state index in [1.165, 1.54) is 7.11 Å². The lowest BCUT2D eigenvalue weighted by atomic mass is 10.0. The zero-order valence-electron chi connectivity index (χ0n) is 15.7. The molecular formula is C21H23NO5.